The number of nitrogens with zero attached hydrogens (tertiary/aromatic N) is 3. The molecule has 2 aromatic rings. The van der Waals surface area contributed by atoms with Gasteiger partial charge >= 0.3 is 0 Å². The molecule has 0 atom stereocenters. The van der Waals surface area contributed by atoms with Gasteiger partial charge in [-0.25, -0.2) is 4.98 Å². The summed E-state index contributed by atoms with van der Waals surface area (Å²) < 4.78 is 7.16. The Labute approximate surface area is 164 Å². The molecular formula is C19H25Cl2N3O2. The number of hydrogen-bond donors (Lipinski definition) is 0. The van der Waals surface area contributed by atoms with E-state index >= 15 is 0 Å². The number of aromatic nitrogens is 2. The standard InChI is InChI=1S/C19H25Cl2N3O2/c1-14(2)10-19(25)24(8-9-26-3)13-18-22-6-7-23(18)12-15-4-5-16(20)17(21)11-15/h4-7,11,14H,8-10,12-13H2,1-3H3. The molecule has 1 amide bonds. The second-order valence-electron chi connectivity index (χ2n) is 6.63. The molecule has 7 heteroatoms. The average molecular weight is 398 g/mol. The first-order chi connectivity index (χ1) is 12.4. The number of carbonyl (C=O) groups is 1. The van der Waals surface area contributed by atoms with E-state index in [9.17, 15) is 4.79 Å². The fraction of sp³-hybridized carbons (Fsp3) is 0.474. The number of carbonyl (C=O) groups excluding carboxylic acids is 1. The highest BCUT2D eigenvalue weighted by molar-refractivity contribution is 6.42. The van der Waals surface area contributed by atoms with E-state index in [1.807, 2.05) is 36.7 Å². The summed E-state index contributed by atoms with van der Waals surface area (Å²) in [5.74, 6) is 1.24. The molecule has 1 aromatic heterocycles. The molecule has 5 nitrogen and oxygen atoms in total. The summed E-state index contributed by atoms with van der Waals surface area (Å²) in [4.78, 5) is 18.8. The lowest BCUT2D eigenvalue weighted by Gasteiger charge is -2.23. The number of amides is 1. The molecule has 0 aliphatic rings. The molecule has 142 valence electrons. The molecule has 0 saturated heterocycles. The molecule has 0 unspecified atom stereocenters. The number of halogens is 2. The summed E-state index contributed by atoms with van der Waals surface area (Å²) in [6.45, 7) is 6.18. The Morgan fingerprint density at radius 3 is 2.73 bits per heavy atom. The minimum atomic E-state index is 0.112. The number of hydrogen-bond acceptors (Lipinski definition) is 3. The monoisotopic (exact) mass is 397 g/mol. The minimum absolute atomic E-state index is 0.112. The molecule has 1 aromatic carbocycles. The number of ether oxygens (including phenoxy) is 1. The van der Waals surface area contributed by atoms with Crippen LogP contribution in [-0.2, 0) is 22.6 Å². The third-order valence-corrected chi connectivity index (χ3v) is 4.71. The molecule has 0 radical (unpaired) electrons. The number of rotatable bonds is 9. The highest BCUT2D eigenvalue weighted by Gasteiger charge is 2.17. The van der Waals surface area contributed by atoms with Crippen LogP contribution in [-0.4, -0.2) is 40.6 Å². The van der Waals surface area contributed by atoms with Crippen molar-refractivity contribution in [3.05, 3.63) is 52.0 Å². The predicted molar refractivity (Wildman–Crippen MR) is 105 cm³/mol. The van der Waals surface area contributed by atoms with Crippen LogP contribution in [0, 0.1) is 5.92 Å². The Bertz CT molecular complexity index is 731. The average Bonchev–Trinajstić information content (AvgIpc) is 3.01. The fourth-order valence-corrected chi connectivity index (χ4v) is 2.93. The molecule has 0 N–H and O–H groups in total. The second-order valence-corrected chi connectivity index (χ2v) is 7.44. The topological polar surface area (TPSA) is 47.4 Å². The number of methoxy groups -OCH3 is 1. The van der Waals surface area contributed by atoms with Gasteiger partial charge in [-0.3, -0.25) is 4.79 Å². The minimum Gasteiger partial charge on any atom is -0.383 e. The van der Waals surface area contributed by atoms with E-state index in [1.54, 1.807) is 24.3 Å². The maximum Gasteiger partial charge on any atom is 0.223 e. The summed E-state index contributed by atoms with van der Waals surface area (Å²) in [5.41, 5.74) is 1.02. The van der Waals surface area contributed by atoms with Gasteiger partial charge in [-0.15, -0.1) is 0 Å². The van der Waals surface area contributed by atoms with Gasteiger partial charge in [0, 0.05) is 39.0 Å². The van der Waals surface area contributed by atoms with E-state index in [0.29, 0.717) is 48.6 Å². The van der Waals surface area contributed by atoms with Crippen LogP contribution in [0.4, 0.5) is 0 Å². The highest BCUT2D eigenvalue weighted by atomic mass is 35.5. The van der Waals surface area contributed by atoms with Gasteiger partial charge in [-0.2, -0.15) is 0 Å². The first kappa shape index (κ1) is 20.7. The Morgan fingerprint density at radius 1 is 1.31 bits per heavy atom. The van der Waals surface area contributed by atoms with E-state index in [1.165, 1.54) is 0 Å². The van der Waals surface area contributed by atoms with Crippen LogP contribution in [0.5, 0.6) is 0 Å². The van der Waals surface area contributed by atoms with Gasteiger partial charge in [0.05, 0.1) is 23.2 Å². The van der Waals surface area contributed by atoms with Gasteiger partial charge in [0.15, 0.2) is 0 Å². The zero-order valence-electron chi connectivity index (χ0n) is 15.4. The maximum absolute atomic E-state index is 12.5. The number of benzene rings is 1. The first-order valence-electron chi connectivity index (χ1n) is 8.61. The molecule has 1 heterocycles. The third kappa shape index (κ3) is 6.01. The van der Waals surface area contributed by atoms with E-state index in [2.05, 4.69) is 4.98 Å². The van der Waals surface area contributed by atoms with Crippen molar-refractivity contribution < 1.29 is 9.53 Å². The van der Waals surface area contributed by atoms with Crippen molar-refractivity contribution in [2.24, 2.45) is 5.92 Å². The second kappa shape index (κ2) is 9.95. The first-order valence-corrected chi connectivity index (χ1v) is 9.37. The molecular weight excluding hydrogens is 373 g/mol. The Balaban J connectivity index is 2.13. The van der Waals surface area contributed by atoms with Crippen LogP contribution in [0.15, 0.2) is 30.6 Å². The Morgan fingerprint density at radius 2 is 2.08 bits per heavy atom. The Kier molecular flexibility index (Phi) is 7.94. The van der Waals surface area contributed by atoms with Crippen molar-refractivity contribution >= 4 is 29.1 Å². The maximum atomic E-state index is 12.5. The smallest absolute Gasteiger partial charge is 0.223 e. The van der Waals surface area contributed by atoms with Crippen LogP contribution in [0.25, 0.3) is 0 Å². The number of imidazole rings is 1. The van der Waals surface area contributed by atoms with E-state index < -0.39 is 0 Å². The lowest BCUT2D eigenvalue weighted by atomic mass is 10.1. The van der Waals surface area contributed by atoms with E-state index in [0.717, 1.165) is 11.4 Å². The SMILES string of the molecule is COCCN(Cc1nccn1Cc1ccc(Cl)c(Cl)c1)C(=O)CC(C)C. The summed E-state index contributed by atoms with van der Waals surface area (Å²) in [7, 11) is 1.64. The van der Waals surface area contributed by atoms with Crippen LogP contribution >= 0.6 is 23.2 Å². The molecule has 0 saturated carbocycles. The normalized spacial score (nSPS) is 11.2. The van der Waals surface area contributed by atoms with Gasteiger partial charge in [0.25, 0.3) is 0 Å². The molecule has 2 rings (SSSR count). The van der Waals surface area contributed by atoms with Crippen molar-refractivity contribution in [1.82, 2.24) is 14.5 Å². The summed E-state index contributed by atoms with van der Waals surface area (Å²) in [6, 6.07) is 5.57. The van der Waals surface area contributed by atoms with Gasteiger partial charge in [0.2, 0.25) is 5.91 Å². The van der Waals surface area contributed by atoms with Crippen molar-refractivity contribution in [2.75, 3.05) is 20.3 Å². The lowest BCUT2D eigenvalue weighted by molar-refractivity contribution is -0.133. The molecule has 0 fully saturated rings. The predicted octanol–water partition coefficient (Wildman–Crippen LogP) is 4.26. The molecule has 0 aliphatic carbocycles. The van der Waals surface area contributed by atoms with Gasteiger partial charge in [-0.05, 0) is 23.6 Å². The van der Waals surface area contributed by atoms with Crippen molar-refractivity contribution in [3.8, 4) is 0 Å². The molecule has 0 spiro atoms. The third-order valence-electron chi connectivity index (χ3n) is 3.97. The van der Waals surface area contributed by atoms with Gasteiger partial charge in [0.1, 0.15) is 5.82 Å². The zero-order chi connectivity index (χ0) is 19.1. The van der Waals surface area contributed by atoms with Crippen molar-refractivity contribution in [3.63, 3.8) is 0 Å². The van der Waals surface area contributed by atoms with Crippen molar-refractivity contribution in [2.45, 2.75) is 33.4 Å². The molecule has 0 aliphatic heterocycles. The highest BCUT2D eigenvalue weighted by Crippen LogP contribution is 2.23. The largest absolute Gasteiger partial charge is 0.383 e. The van der Waals surface area contributed by atoms with Crippen LogP contribution in [0.2, 0.25) is 10.0 Å². The lowest BCUT2D eigenvalue weighted by Crippen LogP contribution is -2.35. The fourth-order valence-electron chi connectivity index (χ4n) is 2.61. The summed E-state index contributed by atoms with van der Waals surface area (Å²) >= 11 is 12.1. The van der Waals surface area contributed by atoms with E-state index in [4.69, 9.17) is 27.9 Å². The van der Waals surface area contributed by atoms with E-state index in [-0.39, 0.29) is 5.91 Å². The van der Waals surface area contributed by atoms with Gasteiger partial charge in [-0.1, -0.05) is 43.1 Å². The zero-order valence-corrected chi connectivity index (χ0v) is 16.9. The summed E-state index contributed by atoms with van der Waals surface area (Å²) in [5, 5.41) is 1.06. The molecule has 0 bridgehead atoms. The molecule has 26 heavy (non-hydrogen) atoms. The van der Waals surface area contributed by atoms with Crippen LogP contribution in [0.1, 0.15) is 31.7 Å². The van der Waals surface area contributed by atoms with Crippen molar-refractivity contribution in [1.29, 1.82) is 0 Å². The van der Waals surface area contributed by atoms with Crippen LogP contribution in [0.3, 0.4) is 0 Å². The van der Waals surface area contributed by atoms with Crippen LogP contribution < -0.4 is 0 Å². The Hall–Kier alpha value is -1.56. The quantitative estimate of drug-likeness (QED) is 0.634. The van der Waals surface area contributed by atoms with Gasteiger partial charge < -0.3 is 14.2 Å². The summed E-state index contributed by atoms with van der Waals surface area (Å²) in [6.07, 6.45) is 4.16.